The monoisotopic (exact) mass is 348 g/mol. The summed E-state index contributed by atoms with van der Waals surface area (Å²) in [5.74, 6) is 1.37. The third-order valence-corrected chi connectivity index (χ3v) is 7.82. The van der Waals surface area contributed by atoms with Gasteiger partial charge in [0.1, 0.15) is 5.60 Å². The molecule has 142 valence electrons. The molecule has 0 aromatic carbocycles. The van der Waals surface area contributed by atoms with Gasteiger partial charge in [0.15, 0.2) is 0 Å². The van der Waals surface area contributed by atoms with Gasteiger partial charge in [-0.05, 0) is 84.0 Å². The van der Waals surface area contributed by atoms with Crippen LogP contribution in [0.15, 0.2) is 0 Å². The number of hydrogen-bond donors (Lipinski definition) is 0. The zero-order valence-electron chi connectivity index (χ0n) is 16.7. The Labute approximate surface area is 153 Å². The molecular formula is C22H36O3. The number of hydrogen-bond acceptors (Lipinski definition) is 3. The Kier molecular flexibility index (Phi) is 4.07. The van der Waals surface area contributed by atoms with Gasteiger partial charge in [-0.25, -0.2) is 0 Å². The summed E-state index contributed by atoms with van der Waals surface area (Å²) in [7, 11) is 0. The van der Waals surface area contributed by atoms with Gasteiger partial charge in [0.25, 0.3) is 0 Å². The van der Waals surface area contributed by atoms with Crippen LogP contribution >= 0.6 is 0 Å². The molecule has 0 amide bonds. The fraction of sp³-hybridized carbons (Fsp3) is 0.955. The predicted molar refractivity (Wildman–Crippen MR) is 98.3 cm³/mol. The third kappa shape index (κ3) is 3.15. The van der Waals surface area contributed by atoms with E-state index >= 15 is 0 Å². The van der Waals surface area contributed by atoms with Crippen LogP contribution in [0.5, 0.6) is 0 Å². The molecule has 0 spiro atoms. The average Bonchev–Trinajstić information content (AvgIpc) is 2.90. The molecule has 5 saturated carbocycles. The maximum Gasteiger partial charge on any atom is 0.312 e. The molecule has 3 heteroatoms. The van der Waals surface area contributed by atoms with Gasteiger partial charge in [0.05, 0.1) is 16.6 Å². The first-order valence-corrected chi connectivity index (χ1v) is 10.6. The van der Waals surface area contributed by atoms with Crippen molar-refractivity contribution in [2.24, 2.45) is 17.3 Å². The number of rotatable bonds is 5. The van der Waals surface area contributed by atoms with Crippen molar-refractivity contribution in [3.05, 3.63) is 0 Å². The molecule has 4 bridgehead atoms. The lowest BCUT2D eigenvalue weighted by Gasteiger charge is -2.62. The molecule has 0 aromatic rings. The minimum Gasteiger partial charge on any atom is -0.459 e. The Balaban J connectivity index is 1.55. The van der Waals surface area contributed by atoms with Gasteiger partial charge in [0, 0.05) is 6.42 Å². The van der Waals surface area contributed by atoms with E-state index in [9.17, 15) is 4.79 Å². The van der Waals surface area contributed by atoms with Gasteiger partial charge in [-0.15, -0.1) is 0 Å². The largest absolute Gasteiger partial charge is 0.459 e. The first-order chi connectivity index (χ1) is 11.7. The van der Waals surface area contributed by atoms with Crippen LogP contribution in [0.3, 0.4) is 0 Å². The van der Waals surface area contributed by atoms with Crippen LogP contribution in [0.4, 0.5) is 0 Å². The van der Waals surface area contributed by atoms with E-state index in [2.05, 4.69) is 13.8 Å². The van der Waals surface area contributed by atoms with Crippen LogP contribution in [0.25, 0.3) is 0 Å². The van der Waals surface area contributed by atoms with Crippen molar-refractivity contribution in [2.45, 2.75) is 115 Å². The van der Waals surface area contributed by atoms with E-state index in [1.54, 1.807) is 0 Å². The summed E-state index contributed by atoms with van der Waals surface area (Å²) in [6, 6.07) is 0. The van der Waals surface area contributed by atoms with Gasteiger partial charge in [-0.2, -0.15) is 0 Å². The second-order valence-corrected chi connectivity index (χ2v) is 10.7. The Morgan fingerprint density at radius 3 is 2.16 bits per heavy atom. The van der Waals surface area contributed by atoms with E-state index < -0.39 is 0 Å². The Morgan fingerprint density at radius 1 is 1.04 bits per heavy atom. The lowest BCUT2D eigenvalue weighted by Crippen LogP contribution is -2.63. The predicted octanol–water partition coefficient (Wildman–Crippen LogP) is 5.41. The summed E-state index contributed by atoms with van der Waals surface area (Å²) in [5, 5.41) is 0. The summed E-state index contributed by atoms with van der Waals surface area (Å²) >= 11 is 0. The van der Waals surface area contributed by atoms with Crippen LogP contribution < -0.4 is 0 Å². The molecule has 2 unspecified atom stereocenters. The molecule has 0 aromatic heterocycles. The molecule has 0 radical (unpaired) electrons. The van der Waals surface area contributed by atoms with Crippen LogP contribution in [0.1, 0.15) is 98.3 Å². The quantitative estimate of drug-likeness (QED) is 0.623. The zero-order valence-corrected chi connectivity index (χ0v) is 16.7. The van der Waals surface area contributed by atoms with Gasteiger partial charge < -0.3 is 9.47 Å². The van der Waals surface area contributed by atoms with E-state index in [1.807, 2.05) is 13.8 Å². The van der Waals surface area contributed by atoms with Gasteiger partial charge >= 0.3 is 5.97 Å². The average molecular weight is 349 g/mol. The van der Waals surface area contributed by atoms with E-state index in [4.69, 9.17) is 9.47 Å². The maximum absolute atomic E-state index is 12.8. The third-order valence-electron chi connectivity index (χ3n) is 7.82. The SMILES string of the molecule is CCC(C)(C)C(=O)OC12CC3CC(C1)CC(OC1(C)CCCC1)(C3)C2. The van der Waals surface area contributed by atoms with Crippen LogP contribution in [-0.2, 0) is 14.3 Å². The molecule has 0 saturated heterocycles. The fourth-order valence-corrected chi connectivity index (χ4v) is 6.56. The van der Waals surface area contributed by atoms with Crippen LogP contribution in [0.2, 0.25) is 0 Å². The molecule has 3 nitrogen and oxygen atoms in total. The number of carbonyl (C=O) groups excluding carboxylic acids is 1. The molecule has 2 atom stereocenters. The highest BCUT2D eigenvalue weighted by molar-refractivity contribution is 5.76. The minimum atomic E-state index is -0.380. The van der Waals surface area contributed by atoms with E-state index in [0.29, 0.717) is 11.8 Å². The van der Waals surface area contributed by atoms with Gasteiger partial charge in [-0.3, -0.25) is 4.79 Å². The number of ether oxygens (including phenoxy) is 2. The Morgan fingerprint density at radius 2 is 1.60 bits per heavy atom. The topological polar surface area (TPSA) is 35.5 Å². The molecule has 0 aliphatic heterocycles. The van der Waals surface area contributed by atoms with E-state index in [-0.39, 0.29) is 28.2 Å². The molecule has 25 heavy (non-hydrogen) atoms. The van der Waals surface area contributed by atoms with Crippen molar-refractivity contribution in [1.29, 1.82) is 0 Å². The highest BCUT2D eigenvalue weighted by Crippen LogP contribution is 2.61. The second-order valence-electron chi connectivity index (χ2n) is 10.7. The minimum absolute atomic E-state index is 0.000761. The molecular weight excluding hydrogens is 312 g/mol. The summed E-state index contributed by atoms with van der Waals surface area (Å²) in [5.41, 5.74) is -0.600. The molecule has 5 aliphatic rings. The van der Waals surface area contributed by atoms with Crippen LogP contribution in [-0.4, -0.2) is 22.8 Å². The highest BCUT2D eigenvalue weighted by Gasteiger charge is 2.62. The summed E-state index contributed by atoms with van der Waals surface area (Å²) < 4.78 is 13.2. The smallest absolute Gasteiger partial charge is 0.312 e. The molecule has 5 rings (SSSR count). The summed E-state index contributed by atoms with van der Waals surface area (Å²) in [6.45, 7) is 8.42. The fourth-order valence-electron chi connectivity index (χ4n) is 6.56. The Hall–Kier alpha value is -0.570. The summed E-state index contributed by atoms with van der Waals surface area (Å²) in [6.07, 6.45) is 12.6. The number of carbonyl (C=O) groups is 1. The molecule has 5 aliphatic carbocycles. The van der Waals surface area contributed by atoms with E-state index in [1.165, 1.54) is 44.9 Å². The van der Waals surface area contributed by atoms with Crippen molar-refractivity contribution >= 4 is 5.97 Å². The van der Waals surface area contributed by atoms with Crippen LogP contribution in [0, 0.1) is 17.3 Å². The zero-order chi connectivity index (χ0) is 17.9. The first kappa shape index (κ1) is 17.8. The molecule has 5 fully saturated rings. The maximum atomic E-state index is 12.8. The van der Waals surface area contributed by atoms with Crippen molar-refractivity contribution in [2.75, 3.05) is 0 Å². The first-order valence-electron chi connectivity index (χ1n) is 10.6. The second kappa shape index (κ2) is 5.71. The van der Waals surface area contributed by atoms with Gasteiger partial charge in [-0.1, -0.05) is 19.8 Å². The summed E-state index contributed by atoms with van der Waals surface area (Å²) in [4.78, 5) is 12.8. The standard InChI is InChI=1S/C22H36O3/c1-5-19(2,3)18(23)24-21-11-16-10-17(12-21)14-22(13-16,15-21)25-20(4)8-6-7-9-20/h16-17H,5-15H2,1-4H3. The van der Waals surface area contributed by atoms with Crippen molar-refractivity contribution in [1.82, 2.24) is 0 Å². The number of esters is 1. The Bertz CT molecular complexity index is 529. The van der Waals surface area contributed by atoms with Crippen molar-refractivity contribution in [3.63, 3.8) is 0 Å². The molecule has 0 N–H and O–H groups in total. The molecule has 0 heterocycles. The lowest BCUT2D eigenvalue weighted by molar-refractivity contribution is -0.264. The van der Waals surface area contributed by atoms with Crippen molar-refractivity contribution < 1.29 is 14.3 Å². The van der Waals surface area contributed by atoms with Gasteiger partial charge in [0.2, 0.25) is 0 Å². The normalized spacial score (nSPS) is 41.9. The van der Waals surface area contributed by atoms with E-state index in [0.717, 1.165) is 25.7 Å². The van der Waals surface area contributed by atoms with Crippen molar-refractivity contribution in [3.8, 4) is 0 Å². The highest BCUT2D eigenvalue weighted by atomic mass is 16.6. The lowest BCUT2D eigenvalue weighted by atomic mass is 9.52.